The quantitative estimate of drug-likeness (QED) is 0.719. The molecule has 2 heterocycles. The summed E-state index contributed by atoms with van der Waals surface area (Å²) < 4.78 is 5.26. The number of nitrogens with one attached hydrogen (secondary N) is 1. The fourth-order valence-corrected chi connectivity index (χ4v) is 3.42. The van der Waals surface area contributed by atoms with Gasteiger partial charge in [0.2, 0.25) is 5.91 Å². The Morgan fingerprint density at radius 1 is 1.07 bits per heavy atom. The Bertz CT molecular complexity index is 1050. The first-order valence-corrected chi connectivity index (χ1v) is 9.81. The third kappa shape index (κ3) is 4.63. The van der Waals surface area contributed by atoms with Gasteiger partial charge in [-0.25, -0.2) is 9.78 Å². The zero-order valence-electron chi connectivity index (χ0n) is 16.4. The number of hydrogen-bond acceptors (Lipinski definition) is 6. The highest BCUT2D eigenvalue weighted by atomic mass is 16.4. The van der Waals surface area contributed by atoms with Gasteiger partial charge in [-0.2, -0.15) is 0 Å². The van der Waals surface area contributed by atoms with E-state index in [4.69, 9.17) is 4.42 Å². The van der Waals surface area contributed by atoms with Gasteiger partial charge in [0, 0.05) is 50.4 Å². The second-order valence-electron chi connectivity index (χ2n) is 7.30. The number of aromatic nitrogens is 1. The molecule has 2 aromatic carbocycles. The van der Waals surface area contributed by atoms with E-state index in [1.807, 2.05) is 30.3 Å². The first-order chi connectivity index (χ1) is 14.1. The predicted molar refractivity (Wildman–Crippen MR) is 113 cm³/mol. The molecule has 0 radical (unpaired) electrons. The van der Waals surface area contributed by atoms with Crippen molar-refractivity contribution in [2.45, 2.75) is 12.8 Å². The predicted octanol–water partition coefficient (Wildman–Crippen LogP) is 2.51. The highest BCUT2D eigenvalue weighted by Crippen LogP contribution is 2.19. The number of nitrogens with zero attached hydrogens (tertiary/aromatic N) is 3. The van der Waals surface area contributed by atoms with Crippen molar-refractivity contribution in [2.24, 2.45) is 0 Å². The fourth-order valence-electron chi connectivity index (χ4n) is 3.42. The smallest absolute Gasteiger partial charge is 0.358 e. The van der Waals surface area contributed by atoms with E-state index in [9.17, 15) is 9.59 Å². The van der Waals surface area contributed by atoms with Crippen LogP contribution in [0.2, 0.25) is 0 Å². The van der Waals surface area contributed by atoms with Gasteiger partial charge in [0.25, 0.3) is 0 Å². The van der Waals surface area contributed by atoms with Crippen molar-refractivity contribution in [2.75, 3.05) is 43.4 Å². The molecule has 29 heavy (non-hydrogen) atoms. The summed E-state index contributed by atoms with van der Waals surface area (Å²) in [6.45, 7) is 4.11. The largest absolute Gasteiger partial charge is 0.420 e. The maximum absolute atomic E-state index is 12.3. The summed E-state index contributed by atoms with van der Waals surface area (Å²) in [5.41, 5.74) is 2.74. The molecule has 1 amide bonds. The van der Waals surface area contributed by atoms with Gasteiger partial charge in [0.1, 0.15) is 11.2 Å². The van der Waals surface area contributed by atoms with E-state index in [0.29, 0.717) is 11.1 Å². The van der Waals surface area contributed by atoms with Crippen LogP contribution >= 0.6 is 0 Å². The first-order valence-electron chi connectivity index (χ1n) is 9.81. The molecule has 3 aromatic rings. The minimum absolute atomic E-state index is 0.160. The van der Waals surface area contributed by atoms with E-state index in [0.717, 1.165) is 37.6 Å². The van der Waals surface area contributed by atoms with E-state index in [1.54, 1.807) is 18.2 Å². The molecular formula is C22H24N4O3. The summed E-state index contributed by atoms with van der Waals surface area (Å²) in [4.78, 5) is 33.3. The number of aryl methyl sites for hydroxylation is 1. The molecule has 0 unspecified atom stereocenters. The molecule has 0 saturated carbocycles. The molecule has 1 fully saturated rings. The molecule has 1 N–H and O–H groups in total. The molecule has 1 aliphatic rings. The lowest BCUT2D eigenvalue weighted by Crippen LogP contribution is -2.44. The number of fused-ring (bicyclic) bond motifs is 1. The minimum Gasteiger partial charge on any atom is -0.420 e. The van der Waals surface area contributed by atoms with Crippen LogP contribution in [0.5, 0.6) is 0 Å². The molecule has 4 rings (SSSR count). The Morgan fingerprint density at radius 3 is 2.55 bits per heavy atom. The normalized spacial score (nSPS) is 14.9. The highest BCUT2D eigenvalue weighted by molar-refractivity contribution is 5.91. The molecule has 7 nitrogen and oxygen atoms in total. The van der Waals surface area contributed by atoms with Crippen LogP contribution in [0.1, 0.15) is 12.1 Å². The van der Waals surface area contributed by atoms with Gasteiger partial charge in [-0.15, -0.1) is 0 Å². The third-order valence-electron chi connectivity index (χ3n) is 5.17. The first kappa shape index (κ1) is 19.1. The zero-order chi connectivity index (χ0) is 20.2. The van der Waals surface area contributed by atoms with Gasteiger partial charge in [-0.05, 0) is 43.4 Å². The summed E-state index contributed by atoms with van der Waals surface area (Å²) >= 11 is 0. The summed E-state index contributed by atoms with van der Waals surface area (Å²) in [5.74, 6) is -0.160. The Labute approximate surface area is 169 Å². The van der Waals surface area contributed by atoms with Crippen molar-refractivity contribution in [3.63, 3.8) is 0 Å². The van der Waals surface area contributed by atoms with Crippen molar-refractivity contribution < 1.29 is 9.21 Å². The number of carbonyl (C=O) groups is 1. The molecule has 0 aliphatic carbocycles. The summed E-state index contributed by atoms with van der Waals surface area (Å²) in [7, 11) is 2.13. The number of carbonyl (C=O) groups excluding carboxylic acids is 1. The Morgan fingerprint density at radius 2 is 1.79 bits per heavy atom. The van der Waals surface area contributed by atoms with Crippen molar-refractivity contribution >= 4 is 28.4 Å². The van der Waals surface area contributed by atoms with Crippen LogP contribution in [-0.2, 0) is 11.2 Å². The van der Waals surface area contributed by atoms with Crippen molar-refractivity contribution in [3.8, 4) is 0 Å². The van der Waals surface area contributed by atoms with Crippen LogP contribution in [0.15, 0.2) is 57.7 Å². The molecule has 0 bridgehead atoms. The number of rotatable bonds is 5. The maximum Gasteiger partial charge on any atom is 0.358 e. The van der Waals surface area contributed by atoms with Gasteiger partial charge >= 0.3 is 5.63 Å². The van der Waals surface area contributed by atoms with Crippen LogP contribution in [0.4, 0.5) is 11.4 Å². The van der Waals surface area contributed by atoms with Crippen LogP contribution < -0.4 is 15.8 Å². The zero-order valence-corrected chi connectivity index (χ0v) is 16.4. The van der Waals surface area contributed by atoms with Crippen LogP contribution in [0.3, 0.4) is 0 Å². The lowest BCUT2D eigenvalue weighted by molar-refractivity contribution is -0.116. The lowest BCUT2D eigenvalue weighted by atomic mass is 10.2. The number of anilines is 2. The Kier molecular flexibility index (Phi) is 5.57. The number of para-hydroxylation sites is 2. The van der Waals surface area contributed by atoms with E-state index in [1.165, 1.54) is 0 Å². The summed E-state index contributed by atoms with van der Waals surface area (Å²) in [6, 6.07) is 15.0. The second kappa shape index (κ2) is 8.45. The standard InChI is InChI=1S/C22H24N4O3/c1-25-12-14-26(15-13-25)17-8-6-16(7-9-17)23-21(27)11-10-19-22(28)29-20-5-3-2-4-18(20)24-19/h2-9H,10-15H2,1H3,(H,23,27). The molecule has 150 valence electrons. The van der Waals surface area contributed by atoms with Gasteiger partial charge in [-0.1, -0.05) is 12.1 Å². The summed E-state index contributed by atoms with van der Waals surface area (Å²) in [5, 5.41) is 2.88. The molecule has 1 saturated heterocycles. The number of amides is 1. The van der Waals surface area contributed by atoms with Crippen molar-refractivity contribution in [3.05, 3.63) is 64.6 Å². The van der Waals surface area contributed by atoms with E-state index in [2.05, 4.69) is 27.1 Å². The van der Waals surface area contributed by atoms with Crippen molar-refractivity contribution in [1.29, 1.82) is 0 Å². The van der Waals surface area contributed by atoms with E-state index in [-0.39, 0.29) is 24.4 Å². The molecular weight excluding hydrogens is 368 g/mol. The van der Waals surface area contributed by atoms with E-state index >= 15 is 0 Å². The third-order valence-corrected chi connectivity index (χ3v) is 5.17. The molecule has 1 aliphatic heterocycles. The Balaban J connectivity index is 1.34. The minimum atomic E-state index is -0.493. The number of likely N-dealkylation sites (N-methyl/N-ethyl adjacent to an activating group) is 1. The number of benzene rings is 2. The van der Waals surface area contributed by atoms with Gasteiger partial charge < -0.3 is 19.5 Å². The summed E-state index contributed by atoms with van der Waals surface area (Å²) in [6.07, 6.45) is 0.398. The average Bonchev–Trinajstić information content (AvgIpc) is 2.73. The monoisotopic (exact) mass is 392 g/mol. The maximum atomic E-state index is 12.3. The number of hydrogen-bond donors (Lipinski definition) is 1. The van der Waals surface area contributed by atoms with Crippen LogP contribution in [-0.4, -0.2) is 49.0 Å². The van der Waals surface area contributed by atoms with Gasteiger partial charge in [0.15, 0.2) is 5.58 Å². The average molecular weight is 392 g/mol. The van der Waals surface area contributed by atoms with Crippen molar-refractivity contribution in [1.82, 2.24) is 9.88 Å². The van der Waals surface area contributed by atoms with Gasteiger partial charge in [0.05, 0.1) is 0 Å². The highest BCUT2D eigenvalue weighted by Gasteiger charge is 2.14. The molecule has 0 spiro atoms. The van der Waals surface area contributed by atoms with Crippen LogP contribution in [0.25, 0.3) is 11.1 Å². The lowest BCUT2D eigenvalue weighted by Gasteiger charge is -2.34. The molecule has 1 aromatic heterocycles. The Hall–Kier alpha value is -3.19. The molecule has 0 atom stereocenters. The van der Waals surface area contributed by atoms with Gasteiger partial charge in [-0.3, -0.25) is 4.79 Å². The fraction of sp³-hybridized carbons (Fsp3) is 0.318. The topological polar surface area (TPSA) is 78.7 Å². The SMILES string of the molecule is CN1CCN(c2ccc(NC(=O)CCc3nc4ccccc4oc3=O)cc2)CC1. The molecule has 7 heteroatoms. The van der Waals surface area contributed by atoms with E-state index < -0.39 is 5.63 Å². The van der Waals surface area contributed by atoms with Crippen LogP contribution in [0, 0.1) is 0 Å². The number of piperazine rings is 1. The second-order valence-corrected chi connectivity index (χ2v) is 7.30.